The standard InChI is InChI=1S/C22H21ClFNO7S/c1-11(26)29-18-10-33-22(21(31-13(3)28)20(18)30-12(2)27)32-17-8-14(4-6-16(17)23)15-5-7-19(24)25-9-15/h4-9,18,20-22H,10H2,1-3H3/t18-,20+,21-,22+/m1/s1. The van der Waals surface area contributed by atoms with Crippen molar-refractivity contribution in [3.63, 3.8) is 0 Å². The van der Waals surface area contributed by atoms with Gasteiger partial charge in [0.15, 0.2) is 23.7 Å². The van der Waals surface area contributed by atoms with Gasteiger partial charge in [-0.15, -0.1) is 11.8 Å². The Morgan fingerprint density at radius 2 is 1.61 bits per heavy atom. The maximum absolute atomic E-state index is 13.2. The molecule has 0 unspecified atom stereocenters. The number of ether oxygens (including phenoxy) is 4. The highest BCUT2D eigenvalue weighted by molar-refractivity contribution is 7.99. The molecule has 1 aromatic carbocycles. The number of nitrogens with zero attached hydrogens (tertiary/aromatic N) is 1. The molecule has 1 aromatic heterocycles. The lowest BCUT2D eigenvalue weighted by atomic mass is 10.1. The van der Waals surface area contributed by atoms with Crippen molar-refractivity contribution in [1.29, 1.82) is 0 Å². The van der Waals surface area contributed by atoms with Crippen molar-refractivity contribution in [3.05, 3.63) is 47.5 Å². The highest BCUT2D eigenvalue weighted by atomic mass is 35.5. The molecule has 0 aliphatic carbocycles. The maximum atomic E-state index is 13.2. The van der Waals surface area contributed by atoms with E-state index in [-0.39, 0.29) is 16.5 Å². The Morgan fingerprint density at radius 1 is 0.970 bits per heavy atom. The first-order valence-electron chi connectivity index (χ1n) is 9.85. The fraction of sp³-hybridized carbons (Fsp3) is 0.364. The third-order valence-corrected chi connectivity index (χ3v) is 6.07. The summed E-state index contributed by atoms with van der Waals surface area (Å²) in [5.74, 6) is -1.95. The number of hydrogen-bond acceptors (Lipinski definition) is 9. The van der Waals surface area contributed by atoms with E-state index < -0.39 is 47.6 Å². The molecule has 0 spiro atoms. The molecular formula is C22H21ClFNO7S. The lowest BCUT2D eigenvalue weighted by Gasteiger charge is -2.40. The molecule has 2 aromatic rings. The minimum absolute atomic E-state index is 0.221. The van der Waals surface area contributed by atoms with Crippen LogP contribution < -0.4 is 4.74 Å². The Balaban J connectivity index is 1.91. The zero-order valence-corrected chi connectivity index (χ0v) is 19.5. The minimum Gasteiger partial charge on any atom is -0.474 e. The Kier molecular flexibility index (Phi) is 8.15. The number of hydrogen-bond donors (Lipinski definition) is 0. The smallest absolute Gasteiger partial charge is 0.303 e. The number of aromatic nitrogens is 1. The highest BCUT2D eigenvalue weighted by Gasteiger charge is 2.47. The van der Waals surface area contributed by atoms with Crippen LogP contribution >= 0.6 is 23.4 Å². The van der Waals surface area contributed by atoms with Gasteiger partial charge in [0.05, 0.1) is 5.02 Å². The first-order valence-corrected chi connectivity index (χ1v) is 11.3. The molecular weight excluding hydrogens is 477 g/mol. The van der Waals surface area contributed by atoms with Crippen LogP contribution in [0.2, 0.25) is 5.02 Å². The quantitative estimate of drug-likeness (QED) is 0.335. The predicted molar refractivity (Wildman–Crippen MR) is 118 cm³/mol. The van der Waals surface area contributed by atoms with E-state index in [2.05, 4.69) is 4.98 Å². The molecule has 1 aliphatic heterocycles. The van der Waals surface area contributed by atoms with Crippen molar-refractivity contribution < 1.29 is 37.7 Å². The number of thioether (sulfide) groups is 1. The van der Waals surface area contributed by atoms with Gasteiger partial charge < -0.3 is 18.9 Å². The van der Waals surface area contributed by atoms with Crippen LogP contribution in [0.3, 0.4) is 0 Å². The van der Waals surface area contributed by atoms with E-state index in [0.717, 1.165) is 0 Å². The van der Waals surface area contributed by atoms with E-state index in [1.54, 1.807) is 24.3 Å². The van der Waals surface area contributed by atoms with Crippen LogP contribution in [0.4, 0.5) is 4.39 Å². The van der Waals surface area contributed by atoms with E-state index >= 15 is 0 Å². The molecule has 11 heteroatoms. The Bertz CT molecular complexity index is 1040. The largest absolute Gasteiger partial charge is 0.474 e. The summed E-state index contributed by atoms with van der Waals surface area (Å²) in [4.78, 5) is 38.7. The van der Waals surface area contributed by atoms with Gasteiger partial charge in [-0.05, 0) is 29.8 Å². The second kappa shape index (κ2) is 10.8. The summed E-state index contributed by atoms with van der Waals surface area (Å²) in [6.45, 7) is 3.63. The lowest BCUT2D eigenvalue weighted by molar-refractivity contribution is -0.186. The predicted octanol–water partition coefficient (Wildman–Crippen LogP) is 3.79. The van der Waals surface area contributed by atoms with Crippen molar-refractivity contribution in [3.8, 4) is 16.9 Å². The average molecular weight is 498 g/mol. The molecule has 4 atom stereocenters. The summed E-state index contributed by atoms with van der Waals surface area (Å²) in [5, 5.41) is 0.280. The molecule has 176 valence electrons. The highest BCUT2D eigenvalue weighted by Crippen LogP contribution is 2.37. The van der Waals surface area contributed by atoms with Crippen LogP contribution in [0, 0.1) is 5.95 Å². The topological polar surface area (TPSA) is 101 Å². The second-order valence-corrected chi connectivity index (χ2v) is 8.67. The van der Waals surface area contributed by atoms with Gasteiger partial charge in [-0.1, -0.05) is 17.7 Å². The molecule has 1 aliphatic rings. The van der Waals surface area contributed by atoms with Gasteiger partial charge in [-0.3, -0.25) is 14.4 Å². The van der Waals surface area contributed by atoms with Crippen LogP contribution in [0.1, 0.15) is 20.8 Å². The van der Waals surface area contributed by atoms with Gasteiger partial charge in [-0.2, -0.15) is 4.39 Å². The minimum atomic E-state index is -1.08. The van der Waals surface area contributed by atoms with E-state index in [1.807, 2.05) is 0 Å². The fourth-order valence-corrected chi connectivity index (χ4v) is 4.63. The van der Waals surface area contributed by atoms with E-state index in [9.17, 15) is 18.8 Å². The van der Waals surface area contributed by atoms with E-state index in [1.165, 1.54) is 44.8 Å². The van der Waals surface area contributed by atoms with Crippen molar-refractivity contribution >= 4 is 41.3 Å². The van der Waals surface area contributed by atoms with Crippen LogP contribution in [-0.4, -0.2) is 52.4 Å². The normalized spacial score (nSPS) is 22.2. The molecule has 3 rings (SSSR count). The monoisotopic (exact) mass is 497 g/mol. The number of carbonyl (C=O) groups excluding carboxylic acids is 3. The van der Waals surface area contributed by atoms with Crippen LogP contribution in [0.15, 0.2) is 36.5 Å². The van der Waals surface area contributed by atoms with E-state index in [0.29, 0.717) is 11.1 Å². The van der Waals surface area contributed by atoms with Crippen LogP contribution in [0.5, 0.6) is 5.75 Å². The van der Waals surface area contributed by atoms with E-state index in [4.69, 9.17) is 30.5 Å². The molecule has 0 bridgehead atoms. The number of esters is 3. The summed E-state index contributed by atoms with van der Waals surface area (Å²) < 4.78 is 35.3. The Labute approximate surface area is 198 Å². The number of benzene rings is 1. The zero-order valence-electron chi connectivity index (χ0n) is 17.9. The molecule has 0 saturated carbocycles. The Morgan fingerprint density at radius 3 is 2.21 bits per heavy atom. The number of pyridine rings is 1. The molecule has 1 fully saturated rings. The molecule has 33 heavy (non-hydrogen) atoms. The van der Waals surface area contributed by atoms with Crippen LogP contribution in [-0.2, 0) is 28.6 Å². The first kappa shape index (κ1) is 24.8. The lowest BCUT2D eigenvalue weighted by Crippen LogP contribution is -2.55. The van der Waals surface area contributed by atoms with Crippen molar-refractivity contribution in [2.45, 2.75) is 44.5 Å². The molecule has 0 radical (unpaired) electrons. The summed E-state index contributed by atoms with van der Waals surface area (Å²) in [6.07, 6.45) is -1.63. The van der Waals surface area contributed by atoms with Gasteiger partial charge in [0.1, 0.15) is 5.75 Å². The third-order valence-electron chi connectivity index (χ3n) is 4.54. The second-order valence-electron chi connectivity index (χ2n) is 7.13. The van der Waals surface area contributed by atoms with Gasteiger partial charge in [0, 0.05) is 38.3 Å². The first-order chi connectivity index (χ1) is 15.6. The number of rotatable bonds is 6. The summed E-state index contributed by atoms with van der Waals surface area (Å²) in [7, 11) is 0. The molecule has 0 amide bonds. The van der Waals surface area contributed by atoms with Crippen LogP contribution in [0.25, 0.3) is 11.1 Å². The SMILES string of the molecule is CC(=O)O[C@@H]1[C@@H](OC(C)=O)[C@@H](Oc2cc(-c3ccc(F)nc3)ccc2Cl)SC[C@H]1OC(C)=O. The van der Waals surface area contributed by atoms with Gasteiger partial charge in [-0.25, -0.2) is 4.98 Å². The molecule has 2 heterocycles. The average Bonchev–Trinajstić information content (AvgIpc) is 2.73. The maximum Gasteiger partial charge on any atom is 0.303 e. The third kappa shape index (κ3) is 6.58. The number of halogens is 2. The van der Waals surface area contributed by atoms with Gasteiger partial charge in [0.25, 0.3) is 0 Å². The molecule has 8 nitrogen and oxygen atoms in total. The summed E-state index contributed by atoms with van der Waals surface area (Å²) in [6, 6.07) is 7.76. The molecule has 1 saturated heterocycles. The van der Waals surface area contributed by atoms with Crippen molar-refractivity contribution in [2.75, 3.05) is 5.75 Å². The van der Waals surface area contributed by atoms with Crippen molar-refractivity contribution in [1.82, 2.24) is 4.98 Å². The Hall–Kier alpha value is -2.85. The summed E-state index contributed by atoms with van der Waals surface area (Å²) in [5.41, 5.74) is 0.476. The fourth-order valence-electron chi connectivity index (χ4n) is 3.25. The van der Waals surface area contributed by atoms with Gasteiger partial charge in [0.2, 0.25) is 5.95 Å². The van der Waals surface area contributed by atoms with Crippen molar-refractivity contribution in [2.24, 2.45) is 0 Å². The zero-order chi connectivity index (χ0) is 24.1. The number of carbonyl (C=O) groups is 3. The molecule has 0 N–H and O–H groups in total. The van der Waals surface area contributed by atoms with Gasteiger partial charge >= 0.3 is 17.9 Å². The summed E-state index contributed by atoms with van der Waals surface area (Å²) >= 11 is 7.54.